The lowest BCUT2D eigenvalue weighted by Crippen LogP contribution is -1.81. The highest BCUT2D eigenvalue weighted by molar-refractivity contribution is 7.78. The summed E-state index contributed by atoms with van der Waals surface area (Å²) in [6.07, 6.45) is 0. The standard InChI is InChI=1S/CH4N2O2S/c1-5-6(4)3-2/h2H,1H3. The molecule has 5 heteroatoms. The fourth-order valence-corrected chi connectivity index (χ4v) is 0.112. The molecule has 6 heavy (non-hydrogen) atoms. The summed E-state index contributed by atoms with van der Waals surface area (Å²) in [5.74, 6) is 0. The van der Waals surface area contributed by atoms with E-state index in [1.165, 1.54) is 7.11 Å². The van der Waals surface area contributed by atoms with Crippen molar-refractivity contribution >= 4 is 11.3 Å². The number of nitrogens with one attached hydrogen (secondary N) is 1. The first kappa shape index (κ1) is 5.71. The van der Waals surface area contributed by atoms with Gasteiger partial charge < -0.3 is 0 Å². The van der Waals surface area contributed by atoms with E-state index in [0.717, 1.165) is 0 Å². The first-order valence-electron chi connectivity index (χ1n) is 1.15. The zero-order valence-corrected chi connectivity index (χ0v) is 3.99. The summed E-state index contributed by atoms with van der Waals surface area (Å²) in [7, 11) is 1.22. The molecule has 0 aliphatic rings. The van der Waals surface area contributed by atoms with Crippen molar-refractivity contribution in [1.82, 2.24) is 0 Å². The Kier molecular flexibility index (Phi) is 2.78. The largest absolute Gasteiger partial charge is 0.303 e. The Labute approximate surface area is 37.8 Å². The highest BCUT2D eigenvalue weighted by Crippen LogP contribution is 1.77. The third-order valence-electron chi connectivity index (χ3n) is 0.217. The minimum absolute atomic E-state index is 1.22. The summed E-state index contributed by atoms with van der Waals surface area (Å²) < 4.78 is 16.2. The highest BCUT2D eigenvalue weighted by Gasteiger charge is 1.82. The Hall–Kier alpha value is -0.290. The van der Waals surface area contributed by atoms with Crippen LogP contribution in [0.1, 0.15) is 0 Å². The third-order valence-corrected chi connectivity index (χ3v) is 0.651. The third kappa shape index (κ3) is 1.98. The van der Waals surface area contributed by atoms with E-state index in [1.54, 1.807) is 0 Å². The average molecular weight is 108 g/mol. The maximum Gasteiger partial charge on any atom is 0.303 e. The van der Waals surface area contributed by atoms with Crippen molar-refractivity contribution in [3.05, 3.63) is 0 Å². The van der Waals surface area contributed by atoms with Crippen molar-refractivity contribution in [2.24, 2.45) is 4.52 Å². The van der Waals surface area contributed by atoms with Gasteiger partial charge in [-0.25, -0.2) is 4.21 Å². The molecule has 0 fully saturated rings. The number of hydrogen-bond donors (Lipinski definition) is 1. The van der Waals surface area contributed by atoms with Gasteiger partial charge in [-0.3, -0.25) is 4.18 Å². The van der Waals surface area contributed by atoms with Crippen molar-refractivity contribution in [2.75, 3.05) is 7.11 Å². The molecule has 0 aromatic heterocycles. The van der Waals surface area contributed by atoms with Gasteiger partial charge in [-0.15, -0.1) is 0 Å². The molecule has 0 spiro atoms. The van der Waals surface area contributed by atoms with Gasteiger partial charge >= 0.3 is 11.3 Å². The van der Waals surface area contributed by atoms with E-state index in [4.69, 9.17) is 5.53 Å². The smallest absolute Gasteiger partial charge is 0.275 e. The van der Waals surface area contributed by atoms with Gasteiger partial charge in [-0.1, -0.05) is 4.52 Å². The van der Waals surface area contributed by atoms with E-state index >= 15 is 0 Å². The van der Waals surface area contributed by atoms with E-state index in [2.05, 4.69) is 8.70 Å². The second-order valence-corrected chi connectivity index (χ2v) is 1.43. The Bertz CT molecular complexity index is 71.9. The number of rotatable bonds is 2. The normalized spacial score (nSPS) is 13.5. The second kappa shape index (κ2) is 2.92. The predicted octanol–water partition coefficient (Wildman–Crippen LogP) is 0.242. The van der Waals surface area contributed by atoms with Crippen molar-refractivity contribution < 1.29 is 8.39 Å². The van der Waals surface area contributed by atoms with Crippen LogP contribution in [0.2, 0.25) is 0 Å². The van der Waals surface area contributed by atoms with Crippen LogP contribution in [0.3, 0.4) is 0 Å². The summed E-state index contributed by atoms with van der Waals surface area (Å²) in [5, 5.41) is 0. The van der Waals surface area contributed by atoms with Gasteiger partial charge in [-0.05, 0) is 0 Å². The van der Waals surface area contributed by atoms with E-state index in [0.29, 0.717) is 0 Å². The Morgan fingerprint density at radius 1 is 2.00 bits per heavy atom. The SMILES string of the molecule is COS(=O)N=N. The molecule has 1 unspecified atom stereocenters. The molecule has 1 atom stereocenters. The minimum atomic E-state index is -1.74. The monoisotopic (exact) mass is 108 g/mol. The molecule has 0 aliphatic carbocycles. The van der Waals surface area contributed by atoms with Crippen LogP contribution in [0.4, 0.5) is 0 Å². The van der Waals surface area contributed by atoms with Crippen molar-refractivity contribution in [3.8, 4) is 0 Å². The van der Waals surface area contributed by atoms with Crippen LogP contribution in [0.15, 0.2) is 4.52 Å². The lowest BCUT2D eigenvalue weighted by atomic mass is 11.8. The molecule has 36 valence electrons. The lowest BCUT2D eigenvalue weighted by Gasteiger charge is -1.78. The van der Waals surface area contributed by atoms with E-state index in [-0.39, 0.29) is 0 Å². The molecule has 0 bridgehead atoms. The number of hydrogen-bond acceptors (Lipinski definition) is 3. The van der Waals surface area contributed by atoms with Crippen LogP contribution in [0, 0.1) is 5.53 Å². The summed E-state index contributed by atoms with van der Waals surface area (Å²) >= 11 is -1.74. The zero-order valence-electron chi connectivity index (χ0n) is 3.17. The van der Waals surface area contributed by atoms with Crippen LogP contribution in [-0.2, 0) is 15.4 Å². The first-order valence-corrected chi connectivity index (χ1v) is 2.18. The van der Waals surface area contributed by atoms with Gasteiger partial charge in [0.15, 0.2) is 0 Å². The van der Waals surface area contributed by atoms with Gasteiger partial charge in [0.25, 0.3) is 0 Å². The van der Waals surface area contributed by atoms with E-state index < -0.39 is 11.3 Å². The molecule has 0 rings (SSSR count). The summed E-state index contributed by atoms with van der Waals surface area (Å²) in [4.78, 5) is 0. The Balaban J connectivity index is 3.23. The minimum Gasteiger partial charge on any atom is -0.275 e. The summed E-state index contributed by atoms with van der Waals surface area (Å²) in [6.45, 7) is 0. The van der Waals surface area contributed by atoms with Crippen molar-refractivity contribution in [3.63, 3.8) is 0 Å². The molecule has 0 saturated carbocycles. The topological polar surface area (TPSA) is 62.5 Å². The fourth-order valence-electron chi connectivity index (χ4n) is 0.0373. The van der Waals surface area contributed by atoms with Gasteiger partial charge in [0.1, 0.15) is 0 Å². The van der Waals surface area contributed by atoms with Crippen molar-refractivity contribution in [2.45, 2.75) is 0 Å². The van der Waals surface area contributed by atoms with Gasteiger partial charge in [-0.2, -0.15) is 5.53 Å². The molecular weight excluding hydrogens is 104 g/mol. The lowest BCUT2D eigenvalue weighted by molar-refractivity contribution is 0.444. The maximum atomic E-state index is 9.72. The molecular formula is CH4N2O2S. The van der Waals surface area contributed by atoms with Gasteiger partial charge in [0.05, 0.1) is 7.11 Å². The highest BCUT2D eigenvalue weighted by atomic mass is 32.2. The van der Waals surface area contributed by atoms with Crippen molar-refractivity contribution in [1.29, 1.82) is 5.53 Å². The zero-order chi connectivity index (χ0) is 4.99. The average Bonchev–Trinajstić information content (AvgIpc) is 1.65. The molecule has 0 radical (unpaired) electrons. The molecule has 1 N–H and O–H groups in total. The Morgan fingerprint density at radius 2 is 2.50 bits per heavy atom. The van der Waals surface area contributed by atoms with Gasteiger partial charge in [0, 0.05) is 0 Å². The first-order chi connectivity index (χ1) is 2.81. The predicted molar refractivity (Wildman–Crippen MR) is 20.3 cm³/mol. The maximum absolute atomic E-state index is 9.72. The molecule has 0 saturated heterocycles. The Morgan fingerprint density at radius 3 is 2.50 bits per heavy atom. The quantitative estimate of drug-likeness (QED) is 0.515. The van der Waals surface area contributed by atoms with E-state index in [1.807, 2.05) is 0 Å². The van der Waals surface area contributed by atoms with Crippen LogP contribution in [0.25, 0.3) is 0 Å². The summed E-state index contributed by atoms with van der Waals surface area (Å²) in [6, 6.07) is 0. The summed E-state index contributed by atoms with van der Waals surface area (Å²) in [5.41, 5.74) is 6.01. The molecule has 0 aromatic rings. The van der Waals surface area contributed by atoms with Crippen LogP contribution in [0.5, 0.6) is 0 Å². The van der Waals surface area contributed by atoms with Crippen LogP contribution in [-0.4, -0.2) is 11.3 Å². The number of nitrogens with zero attached hydrogens (tertiary/aromatic N) is 1. The second-order valence-electron chi connectivity index (χ2n) is 0.475. The van der Waals surface area contributed by atoms with E-state index in [9.17, 15) is 4.21 Å². The van der Waals surface area contributed by atoms with Crippen LogP contribution < -0.4 is 0 Å². The fraction of sp³-hybridized carbons (Fsp3) is 1.00. The molecule has 0 aromatic carbocycles. The molecule has 0 heterocycles. The molecule has 0 amide bonds. The van der Waals surface area contributed by atoms with Crippen LogP contribution >= 0.6 is 0 Å². The molecule has 0 aliphatic heterocycles. The molecule has 4 nitrogen and oxygen atoms in total. The van der Waals surface area contributed by atoms with Gasteiger partial charge in [0.2, 0.25) is 0 Å².